The van der Waals surface area contributed by atoms with E-state index in [1.54, 1.807) is 12.5 Å². The molecular weight excluding hydrogens is 340 g/mol. The maximum Gasteiger partial charge on any atom is 0.120 e. The normalized spacial score (nSPS) is 14.8. The molecule has 0 aliphatic carbocycles. The minimum absolute atomic E-state index is 0.144. The Morgan fingerprint density at radius 3 is 2.08 bits per heavy atom. The van der Waals surface area contributed by atoms with Crippen LogP contribution in [0.1, 0.15) is 36.0 Å². The number of carbonyl (C=O) groups excluding carboxylic acids is 1. The van der Waals surface area contributed by atoms with E-state index >= 15 is 0 Å². The van der Waals surface area contributed by atoms with E-state index in [9.17, 15) is 13.2 Å². The Labute approximate surface area is 148 Å². The van der Waals surface area contributed by atoms with Crippen LogP contribution in [0.15, 0.2) is 52.3 Å². The Bertz CT molecular complexity index is 767. The highest BCUT2D eigenvalue weighted by Crippen LogP contribution is 2.29. The van der Waals surface area contributed by atoms with Crippen molar-refractivity contribution < 1.29 is 13.2 Å². The summed E-state index contributed by atoms with van der Waals surface area (Å²) in [4.78, 5) is 12.4. The van der Waals surface area contributed by atoms with Crippen molar-refractivity contribution in [2.24, 2.45) is 0 Å². The lowest BCUT2D eigenvalue weighted by Gasteiger charge is -2.18. The highest BCUT2D eigenvalue weighted by molar-refractivity contribution is 7.84. The average molecular weight is 363 g/mol. The van der Waals surface area contributed by atoms with Gasteiger partial charge in [0.25, 0.3) is 0 Å². The molecule has 0 fully saturated rings. The lowest BCUT2D eigenvalue weighted by Crippen LogP contribution is -2.04. The van der Waals surface area contributed by atoms with Crippen molar-refractivity contribution in [3.63, 3.8) is 0 Å². The summed E-state index contributed by atoms with van der Waals surface area (Å²) in [6.07, 6.45) is 5.33. The summed E-state index contributed by atoms with van der Waals surface area (Å²) >= 11 is 0. The molecule has 3 nitrogen and oxygen atoms in total. The number of benzene rings is 2. The first-order valence-electron chi connectivity index (χ1n) is 7.77. The highest BCUT2D eigenvalue weighted by Gasteiger charge is 2.14. The fourth-order valence-electron chi connectivity index (χ4n) is 2.74. The molecule has 0 aliphatic heterocycles. The maximum absolute atomic E-state index is 11.7. The van der Waals surface area contributed by atoms with E-state index in [1.807, 2.05) is 42.5 Å². The predicted molar refractivity (Wildman–Crippen MR) is 99.5 cm³/mol. The van der Waals surface area contributed by atoms with Crippen LogP contribution in [0, 0.1) is 0 Å². The zero-order valence-corrected chi connectivity index (χ0v) is 15.8. The van der Waals surface area contributed by atoms with E-state index in [0.29, 0.717) is 12.8 Å². The molecule has 0 saturated carbocycles. The summed E-state index contributed by atoms with van der Waals surface area (Å²) in [5.74, 6) is 0.144. The fourth-order valence-corrected chi connectivity index (χ4v) is 3.83. The molecule has 128 valence electrons. The number of hydrogen-bond acceptors (Lipinski definition) is 3. The zero-order valence-electron chi connectivity index (χ0n) is 14.2. The Balaban J connectivity index is 2.39. The fraction of sp³-hybridized carbons (Fsp3) is 0.316. The third kappa shape index (κ3) is 4.48. The first-order chi connectivity index (χ1) is 11.4. The molecule has 24 heavy (non-hydrogen) atoms. The van der Waals surface area contributed by atoms with E-state index < -0.39 is 21.6 Å². The van der Waals surface area contributed by atoms with Gasteiger partial charge in [-0.2, -0.15) is 0 Å². The Hall–Kier alpha value is -1.59. The second-order valence-corrected chi connectivity index (χ2v) is 8.52. The molecule has 2 aromatic carbocycles. The topological polar surface area (TPSA) is 51.2 Å². The third-order valence-corrected chi connectivity index (χ3v) is 6.01. The minimum atomic E-state index is -1.04. The number of hydrogen-bond donors (Lipinski definition) is 0. The zero-order chi connectivity index (χ0) is 17.7. The van der Waals surface area contributed by atoms with Gasteiger partial charge < -0.3 is 4.79 Å². The smallest absolute Gasteiger partial charge is 0.120 e. The van der Waals surface area contributed by atoms with Gasteiger partial charge in [0.05, 0.1) is 0 Å². The standard InChI is InChI=1S/C19H22O3S2/c1-14(15-6-8-17(9-7-15)23(2)21)19-11-10-18(24(3)22)13-16(19)5-4-12-20/h6-14H,4-5H2,1-3H3. The SMILES string of the molecule is CC(c1ccc(S(C)=O)cc1)c1ccc(S(C)=O)cc1CCC=O. The molecule has 0 aromatic heterocycles. The summed E-state index contributed by atoms with van der Waals surface area (Å²) in [5, 5.41) is 0. The van der Waals surface area contributed by atoms with Crippen LogP contribution in [0.5, 0.6) is 0 Å². The van der Waals surface area contributed by atoms with Gasteiger partial charge in [0.2, 0.25) is 0 Å². The molecule has 0 amide bonds. The molecule has 3 atom stereocenters. The first kappa shape index (κ1) is 18.7. The lowest BCUT2D eigenvalue weighted by molar-refractivity contribution is -0.107. The molecule has 0 radical (unpaired) electrons. The second kappa shape index (κ2) is 8.49. The van der Waals surface area contributed by atoms with E-state index in [0.717, 1.165) is 32.8 Å². The van der Waals surface area contributed by atoms with Crippen LogP contribution in [0.4, 0.5) is 0 Å². The monoisotopic (exact) mass is 362 g/mol. The van der Waals surface area contributed by atoms with Crippen molar-refractivity contribution in [2.45, 2.75) is 35.5 Å². The molecule has 0 heterocycles. The predicted octanol–water partition coefficient (Wildman–Crippen LogP) is 3.44. The van der Waals surface area contributed by atoms with Crippen molar-refractivity contribution >= 4 is 27.9 Å². The molecule has 5 heteroatoms. The minimum Gasteiger partial charge on any atom is -0.303 e. The summed E-state index contributed by atoms with van der Waals surface area (Å²) < 4.78 is 23.3. The van der Waals surface area contributed by atoms with Crippen molar-refractivity contribution in [3.05, 3.63) is 59.2 Å². The van der Waals surface area contributed by atoms with E-state index in [1.165, 1.54) is 0 Å². The molecule has 2 aromatic rings. The molecular formula is C19H22O3S2. The van der Waals surface area contributed by atoms with Crippen LogP contribution in [0.3, 0.4) is 0 Å². The van der Waals surface area contributed by atoms with Crippen LogP contribution in [0.25, 0.3) is 0 Å². The first-order valence-corrected chi connectivity index (χ1v) is 10.9. The Morgan fingerprint density at radius 1 is 0.958 bits per heavy atom. The lowest BCUT2D eigenvalue weighted by atomic mass is 9.88. The molecule has 0 spiro atoms. The average Bonchev–Trinajstić information content (AvgIpc) is 2.59. The van der Waals surface area contributed by atoms with Gasteiger partial charge in [-0.3, -0.25) is 8.42 Å². The molecule has 0 bridgehead atoms. The number of carbonyl (C=O) groups is 1. The van der Waals surface area contributed by atoms with Crippen molar-refractivity contribution in [1.82, 2.24) is 0 Å². The van der Waals surface area contributed by atoms with Crippen molar-refractivity contribution in [3.8, 4) is 0 Å². The number of aryl methyl sites for hydroxylation is 1. The van der Waals surface area contributed by atoms with Gasteiger partial charge in [-0.25, -0.2) is 0 Å². The van der Waals surface area contributed by atoms with Crippen LogP contribution >= 0.6 is 0 Å². The molecule has 2 rings (SSSR count). The van der Waals surface area contributed by atoms with Gasteiger partial charge in [0.1, 0.15) is 6.29 Å². The molecule has 0 saturated heterocycles. The van der Waals surface area contributed by atoms with E-state index in [2.05, 4.69) is 6.92 Å². The van der Waals surface area contributed by atoms with Gasteiger partial charge in [0, 0.05) is 56.2 Å². The number of rotatable bonds is 7. The van der Waals surface area contributed by atoms with Crippen molar-refractivity contribution in [2.75, 3.05) is 12.5 Å². The van der Waals surface area contributed by atoms with Crippen LogP contribution < -0.4 is 0 Å². The Kier molecular flexibility index (Phi) is 6.63. The van der Waals surface area contributed by atoms with E-state index in [-0.39, 0.29) is 5.92 Å². The third-order valence-electron chi connectivity index (χ3n) is 4.16. The van der Waals surface area contributed by atoms with Gasteiger partial charge in [-0.05, 0) is 47.4 Å². The quantitative estimate of drug-likeness (QED) is 0.709. The Morgan fingerprint density at radius 2 is 1.54 bits per heavy atom. The molecule has 3 unspecified atom stereocenters. The highest BCUT2D eigenvalue weighted by atomic mass is 32.2. The summed E-state index contributed by atoms with van der Waals surface area (Å²) in [6.45, 7) is 2.11. The van der Waals surface area contributed by atoms with Crippen LogP contribution in [-0.4, -0.2) is 27.2 Å². The maximum atomic E-state index is 11.7. The van der Waals surface area contributed by atoms with Gasteiger partial charge in [-0.1, -0.05) is 25.1 Å². The van der Waals surface area contributed by atoms with Crippen LogP contribution in [0.2, 0.25) is 0 Å². The largest absolute Gasteiger partial charge is 0.303 e. The summed E-state index contributed by atoms with van der Waals surface area (Å²) in [5.41, 5.74) is 3.32. The summed E-state index contributed by atoms with van der Waals surface area (Å²) in [6, 6.07) is 13.6. The van der Waals surface area contributed by atoms with Gasteiger partial charge >= 0.3 is 0 Å². The summed E-state index contributed by atoms with van der Waals surface area (Å²) in [7, 11) is -2.03. The number of aldehydes is 1. The van der Waals surface area contributed by atoms with Gasteiger partial charge in [-0.15, -0.1) is 0 Å². The van der Waals surface area contributed by atoms with Gasteiger partial charge in [0.15, 0.2) is 0 Å². The van der Waals surface area contributed by atoms with Crippen LogP contribution in [-0.2, 0) is 32.8 Å². The molecule has 0 aliphatic rings. The van der Waals surface area contributed by atoms with Crippen molar-refractivity contribution in [1.29, 1.82) is 0 Å². The van der Waals surface area contributed by atoms with E-state index in [4.69, 9.17) is 0 Å². The molecule has 0 N–H and O–H groups in total. The second-order valence-electron chi connectivity index (χ2n) is 5.76.